The van der Waals surface area contributed by atoms with Gasteiger partial charge in [-0.15, -0.1) is 0 Å². The van der Waals surface area contributed by atoms with Gasteiger partial charge >= 0.3 is 0 Å². The van der Waals surface area contributed by atoms with Gasteiger partial charge in [-0.2, -0.15) is 5.26 Å². The summed E-state index contributed by atoms with van der Waals surface area (Å²) in [5, 5.41) is 29.6. The van der Waals surface area contributed by atoms with E-state index in [9.17, 15) is 10.2 Å². The molecule has 0 saturated heterocycles. The van der Waals surface area contributed by atoms with Crippen LogP contribution in [0.25, 0.3) is 0 Å². The van der Waals surface area contributed by atoms with Crippen molar-refractivity contribution in [3.63, 3.8) is 0 Å². The molecule has 0 aromatic heterocycles. The van der Waals surface area contributed by atoms with E-state index >= 15 is 0 Å². The quantitative estimate of drug-likeness (QED) is 0.570. The summed E-state index contributed by atoms with van der Waals surface area (Å²) in [4.78, 5) is 0. The molecule has 3 nitrogen and oxygen atoms in total. The molecule has 0 radical (unpaired) electrons. The molecule has 130 valence electrons. The summed E-state index contributed by atoms with van der Waals surface area (Å²) in [7, 11) is 0. The van der Waals surface area contributed by atoms with Crippen molar-refractivity contribution in [2.24, 2.45) is 28.6 Å². The van der Waals surface area contributed by atoms with Gasteiger partial charge in [-0.1, -0.05) is 24.1 Å². The third-order valence-corrected chi connectivity index (χ3v) is 8.17. The highest BCUT2D eigenvalue weighted by Gasteiger charge is 2.58. The van der Waals surface area contributed by atoms with Crippen LogP contribution in [0, 0.1) is 39.9 Å². The Bertz CT molecular complexity index is 630. The van der Waals surface area contributed by atoms with E-state index in [-0.39, 0.29) is 23.5 Å². The maximum Gasteiger partial charge on any atom is 0.0911 e. The zero-order chi connectivity index (χ0) is 16.9. The first-order valence-electron chi connectivity index (χ1n) is 9.63. The van der Waals surface area contributed by atoms with E-state index in [2.05, 4.69) is 19.1 Å². The van der Waals surface area contributed by atoms with E-state index in [0.29, 0.717) is 17.8 Å². The topological polar surface area (TPSA) is 64.2 Å². The van der Waals surface area contributed by atoms with Gasteiger partial charge in [0, 0.05) is 11.5 Å². The second-order valence-corrected chi connectivity index (χ2v) is 8.85. The number of nitriles is 1. The fourth-order valence-electron chi connectivity index (χ4n) is 6.90. The minimum Gasteiger partial charge on any atom is -0.395 e. The standard InChI is InChI=1S/C21H29NO2/c1-20-9-7-19-17(18(20)5-3-14(20)8-11-22)4-2-15-12-16(24)6-10-21(15,19)13-23/h2,8,16-19,23-24H,3-7,9-10,12-13H2,1H3/b14-8-/t16-,17+,18+,19+,20-,21-/m1/s1. The van der Waals surface area contributed by atoms with Gasteiger partial charge in [-0.25, -0.2) is 0 Å². The first-order chi connectivity index (χ1) is 11.5. The summed E-state index contributed by atoms with van der Waals surface area (Å²) >= 11 is 0. The Balaban J connectivity index is 1.70. The first-order valence-corrected chi connectivity index (χ1v) is 9.63. The fraction of sp³-hybridized carbons (Fsp3) is 0.762. The van der Waals surface area contributed by atoms with E-state index < -0.39 is 0 Å². The summed E-state index contributed by atoms with van der Waals surface area (Å²) in [5.74, 6) is 1.82. The van der Waals surface area contributed by atoms with Crippen LogP contribution in [0.3, 0.4) is 0 Å². The van der Waals surface area contributed by atoms with Gasteiger partial charge in [0.1, 0.15) is 0 Å². The van der Waals surface area contributed by atoms with Gasteiger partial charge in [-0.3, -0.25) is 0 Å². The van der Waals surface area contributed by atoms with Crippen molar-refractivity contribution in [1.82, 2.24) is 0 Å². The molecular weight excluding hydrogens is 298 g/mol. The van der Waals surface area contributed by atoms with Gasteiger partial charge in [0.15, 0.2) is 0 Å². The second kappa shape index (κ2) is 5.71. The molecule has 0 aromatic rings. The van der Waals surface area contributed by atoms with E-state index in [0.717, 1.165) is 44.9 Å². The second-order valence-electron chi connectivity index (χ2n) is 8.85. The molecule has 0 spiro atoms. The van der Waals surface area contributed by atoms with Gasteiger partial charge in [0.25, 0.3) is 0 Å². The molecule has 24 heavy (non-hydrogen) atoms. The van der Waals surface area contributed by atoms with Crippen molar-refractivity contribution in [1.29, 1.82) is 5.26 Å². The molecule has 0 unspecified atom stereocenters. The highest BCUT2D eigenvalue weighted by molar-refractivity contribution is 5.31. The lowest BCUT2D eigenvalue weighted by Gasteiger charge is -2.57. The number of allylic oxidation sites excluding steroid dienone is 3. The molecule has 3 saturated carbocycles. The van der Waals surface area contributed by atoms with Crippen LogP contribution < -0.4 is 0 Å². The molecule has 0 heterocycles. The third kappa shape index (κ3) is 2.09. The number of aliphatic hydroxyl groups is 2. The van der Waals surface area contributed by atoms with Crippen LogP contribution in [0.5, 0.6) is 0 Å². The van der Waals surface area contributed by atoms with Crippen LogP contribution in [-0.4, -0.2) is 22.9 Å². The molecule has 4 rings (SSSR count). The van der Waals surface area contributed by atoms with Crippen molar-refractivity contribution < 1.29 is 10.2 Å². The molecule has 4 aliphatic carbocycles. The highest BCUT2D eigenvalue weighted by Crippen LogP contribution is 2.66. The summed E-state index contributed by atoms with van der Waals surface area (Å²) in [6, 6.07) is 2.27. The minimum absolute atomic E-state index is 0.0782. The van der Waals surface area contributed by atoms with E-state index in [1.807, 2.05) is 6.08 Å². The maximum absolute atomic E-state index is 10.4. The number of hydrogen-bond acceptors (Lipinski definition) is 3. The molecular formula is C21H29NO2. The SMILES string of the molecule is C[C@]12CC[C@H]3[C@@H](CC=C4C[C@H](O)CC[C@@]43CO)[C@@H]1CC/C2=C/C#N. The zero-order valence-corrected chi connectivity index (χ0v) is 14.7. The van der Waals surface area contributed by atoms with Gasteiger partial charge < -0.3 is 10.2 Å². The molecule has 6 atom stereocenters. The normalized spacial score (nSPS) is 48.9. The van der Waals surface area contributed by atoms with Crippen LogP contribution in [0.2, 0.25) is 0 Å². The van der Waals surface area contributed by atoms with Gasteiger partial charge in [0.05, 0.1) is 18.8 Å². The van der Waals surface area contributed by atoms with Crippen molar-refractivity contribution in [2.75, 3.05) is 6.61 Å². The average molecular weight is 327 g/mol. The molecule has 2 N–H and O–H groups in total. The molecule has 0 bridgehead atoms. The molecule has 4 aliphatic rings. The lowest BCUT2D eigenvalue weighted by atomic mass is 9.47. The number of rotatable bonds is 1. The van der Waals surface area contributed by atoms with Crippen LogP contribution >= 0.6 is 0 Å². The van der Waals surface area contributed by atoms with Crippen molar-refractivity contribution in [3.05, 3.63) is 23.3 Å². The van der Waals surface area contributed by atoms with E-state index in [1.54, 1.807) is 0 Å². The summed E-state index contributed by atoms with van der Waals surface area (Å²) < 4.78 is 0. The highest BCUT2D eigenvalue weighted by atomic mass is 16.3. The fourth-order valence-corrected chi connectivity index (χ4v) is 6.90. The number of nitrogens with zero attached hydrogens (tertiary/aromatic N) is 1. The molecule has 0 aromatic carbocycles. The van der Waals surface area contributed by atoms with Gasteiger partial charge in [0.2, 0.25) is 0 Å². The largest absolute Gasteiger partial charge is 0.395 e. The Kier molecular flexibility index (Phi) is 3.90. The average Bonchev–Trinajstić information content (AvgIpc) is 2.91. The Morgan fingerprint density at radius 3 is 2.88 bits per heavy atom. The predicted molar refractivity (Wildman–Crippen MR) is 92.8 cm³/mol. The Morgan fingerprint density at radius 2 is 2.12 bits per heavy atom. The number of aliphatic hydroxyl groups excluding tert-OH is 2. The minimum atomic E-state index is -0.224. The zero-order valence-electron chi connectivity index (χ0n) is 14.7. The summed E-state index contributed by atoms with van der Waals surface area (Å²) in [6.07, 6.45) is 12.1. The predicted octanol–water partition coefficient (Wildman–Crippen LogP) is 3.73. The number of fused-ring (bicyclic) bond motifs is 5. The first kappa shape index (κ1) is 16.4. The Morgan fingerprint density at radius 1 is 1.29 bits per heavy atom. The summed E-state index contributed by atoms with van der Waals surface area (Å²) in [6.45, 7) is 2.61. The lowest BCUT2D eigenvalue weighted by Crippen LogP contribution is -2.52. The van der Waals surface area contributed by atoms with E-state index in [4.69, 9.17) is 5.26 Å². The Labute approximate surface area is 145 Å². The lowest BCUT2D eigenvalue weighted by molar-refractivity contribution is -0.0583. The Hall–Kier alpha value is -1.11. The van der Waals surface area contributed by atoms with Crippen molar-refractivity contribution in [3.8, 4) is 6.07 Å². The van der Waals surface area contributed by atoms with Crippen LogP contribution in [0.1, 0.15) is 58.3 Å². The molecule has 3 fully saturated rings. The summed E-state index contributed by atoms with van der Waals surface area (Å²) in [5.41, 5.74) is 2.80. The van der Waals surface area contributed by atoms with Crippen molar-refractivity contribution >= 4 is 0 Å². The molecule has 0 amide bonds. The maximum atomic E-state index is 10.4. The monoisotopic (exact) mass is 327 g/mol. The van der Waals surface area contributed by atoms with E-state index in [1.165, 1.54) is 17.6 Å². The molecule has 3 heteroatoms. The van der Waals surface area contributed by atoms with Crippen LogP contribution in [0.4, 0.5) is 0 Å². The molecule has 0 aliphatic heterocycles. The van der Waals surface area contributed by atoms with Crippen molar-refractivity contribution in [2.45, 2.75) is 64.4 Å². The number of hydrogen-bond donors (Lipinski definition) is 2. The smallest absolute Gasteiger partial charge is 0.0911 e. The van der Waals surface area contributed by atoms with Gasteiger partial charge in [-0.05, 0) is 74.5 Å². The third-order valence-electron chi connectivity index (χ3n) is 8.17. The van der Waals surface area contributed by atoms with Crippen LogP contribution in [0.15, 0.2) is 23.3 Å². The van der Waals surface area contributed by atoms with Crippen LogP contribution in [-0.2, 0) is 0 Å².